The molecule has 5 rings (SSSR count). The molecule has 24 heavy (non-hydrogen) atoms. The standard InChI is InChI=1S/C21H23N3/c1-2-6-16(7-3-1)14-23-13-11-18-17-8-4-5-9-19(17)24-15-22-12-10-20(23)21(18)24/h1-9,20,22H,10-15H2. The molecule has 122 valence electrons. The number of rotatable bonds is 2. The van der Waals surface area contributed by atoms with Crippen molar-refractivity contribution >= 4 is 10.9 Å². The van der Waals surface area contributed by atoms with Crippen LogP contribution in [0.25, 0.3) is 10.9 Å². The first-order valence-electron chi connectivity index (χ1n) is 9.00. The highest BCUT2D eigenvalue weighted by atomic mass is 15.2. The highest BCUT2D eigenvalue weighted by Gasteiger charge is 2.33. The first kappa shape index (κ1) is 14.3. The summed E-state index contributed by atoms with van der Waals surface area (Å²) in [5.74, 6) is 0. The van der Waals surface area contributed by atoms with E-state index in [-0.39, 0.29) is 0 Å². The van der Waals surface area contributed by atoms with Gasteiger partial charge in [0.2, 0.25) is 0 Å². The molecule has 1 N–H and O–H groups in total. The van der Waals surface area contributed by atoms with E-state index in [2.05, 4.69) is 69.4 Å². The Bertz CT molecular complexity index is 865. The van der Waals surface area contributed by atoms with Gasteiger partial charge in [-0.25, -0.2) is 0 Å². The van der Waals surface area contributed by atoms with Gasteiger partial charge in [0, 0.05) is 29.7 Å². The maximum Gasteiger partial charge on any atom is 0.0729 e. The zero-order valence-electron chi connectivity index (χ0n) is 13.9. The Labute approximate surface area is 142 Å². The van der Waals surface area contributed by atoms with Crippen LogP contribution < -0.4 is 5.32 Å². The second-order valence-electron chi connectivity index (χ2n) is 6.98. The van der Waals surface area contributed by atoms with E-state index in [1.807, 2.05) is 0 Å². The largest absolute Gasteiger partial charge is 0.329 e. The Kier molecular flexibility index (Phi) is 3.42. The van der Waals surface area contributed by atoms with Crippen molar-refractivity contribution in [2.45, 2.75) is 32.1 Å². The zero-order valence-corrected chi connectivity index (χ0v) is 13.9. The Balaban J connectivity index is 1.60. The monoisotopic (exact) mass is 317 g/mol. The Morgan fingerprint density at radius 3 is 2.75 bits per heavy atom. The number of hydrogen-bond donors (Lipinski definition) is 1. The van der Waals surface area contributed by atoms with Crippen LogP contribution in [0.3, 0.4) is 0 Å². The lowest BCUT2D eigenvalue weighted by molar-refractivity contribution is 0.165. The molecule has 3 heteroatoms. The molecule has 1 unspecified atom stereocenters. The fourth-order valence-corrected chi connectivity index (χ4v) is 4.55. The van der Waals surface area contributed by atoms with Gasteiger partial charge < -0.3 is 4.57 Å². The van der Waals surface area contributed by atoms with Crippen LogP contribution in [0.4, 0.5) is 0 Å². The highest BCUT2D eigenvalue weighted by molar-refractivity contribution is 5.86. The lowest BCUT2D eigenvalue weighted by atomic mass is 9.94. The van der Waals surface area contributed by atoms with Crippen molar-refractivity contribution in [2.75, 3.05) is 13.1 Å². The molecule has 3 nitrogen and oxygen atoms in total. The molecule has 0 spiro atoms. The third-order valence-corrected chi connectivity index (χ3v) is 5.62. The van der Waals surface area contributed by atoms with E-state index in [0.717, 1.165) is 32.7 Å². The smallest absolute Gasteiger partial charge is 0.0729 e. The second-order valence-corrected chi connectivity index (χ2v) is 6.98. The van der Waals surface area contributed by atoms with E-state index in [9.17, 15) is 0 Å². The summed E-state index contributed by atoms with van der Waals surface area (Å²) in [6, 6.07) is 20.3. The SMILES string of the molecule is c1ccc(CN2CCc3c4n(c5ccccc35)CNCCC42)cc1. The molecule has 0 radical (unpaired) electrons. The topological polar surface area (TPSA) is 20.2 Å². The van der Waals surface area contributed by atoms with Crippen molar-refractivity contribution in [1.82, 2.24) is 14.8 Å². The summed E-state index contributed by atoms with van der Waals surface area (Å²) in [7, 11) is 0. The molecule has 2 aromatic carbocycles. The van der Waals surface area contributed by atoms with Crippen LogP contribution in [0.2, 0.25) is 0 Å². The van der Waals surface area contributed by atoms with Crippen LogP contribution in [0.5, 0.6) is 0 Å². The van der Waals surface area contributed by atoms with Gasteiger partial charge in [-0.1, -0.05) is 48.5 Å². The third kappa shape index (κ3) is 2.20. The van der Waals surface area contributed by atoms with Crippen LogP contribution >= 0.6 is 0 Å². The van der Waals surface area contributed by atoms with E-state index in [4.69, 9.17) is 0 Å². The molecule has 0 amide bonds. The summed E-state index contributed by atoms with van der Waals surface area (Å²) in [6.45, 7) is 4.23. The Morgan fingerprint density at radius 2 is 1.83 bits per heavy atom. The van der Waals surface area contributed by atoms with Gasteiger partial charge in [0.15, 0.2) is 0 Å². The molecule has 2 aliphatic heterocycles. The summed E-state index contributed by atoms with van der Waals surface area (Å²) < 4.78 is 2.53. The number of fused-ring (bicyclic) bond motifs is 3. The first-order valence-corrected chi connectivity index (χ1v) is 9.00. The Morgan fingerprint density at radius 1 is 1.00 bits per heavy atom. The van der Waals surface area contributed by atoms with Gasteiger partial charge in [-0.3, -0.25) is 10.2 Å². The zero-order chi connectivity index (χ0) is 15.9. The molecule has 1 atom stereocenters. The summed E-state index contributed by atoms with van der Waals surface area (Å²) in [6.07, 6.45) is 2.35. The number of para-hydroxylation sites is 1. The quantitative estimate of drug-likeness (QED) is 0.778. The lowest BCUT2D eigenvalue weighted by Crippen LogP contribution is -2.35. The lowest BCUT2D eigenvalue weighted by Gasteiger charge is -2.36. The molecular weight excluding hydrogens is 294 g/mol. The fraction of sp³-hybridized carbons (Fsp3) is 0.333. The van der Waals surface area contributed by atoms with E-state index >= 15 is 0 Å². The predicted octanol–water partition coefficient (Wildman–Crippen LogP) is 3.69. The van der Waals surface area contributed by atoms with Gasteiger partial charge in [0.25, 0.3) is 0 Å². The normalized spacial score (nSPS) is 20.8. The fourth-order valence-electron chi connectivity index (χ4n) is 4.55. The van der Waals surface area contributed by atoms with Crippen molar-refractivity contribution in [2.24, 2.45) is 0 Å². The van der Waals surface area contributed by atoms with Gasteiger partial charge in [0.05, 0.1) is 12.7 Å². The molecule has 0 fully saturated rings. The molecule has 0 bridgehead atoms. The minimum atomic E-state index is 0.524. The summed E-state index contributed by atoms with van der Waals surface area (Å²) in [4.78, 5) is 2.68. The van der Waals surface area contributed by atoms with Crippen LogP contribution in [0.1, 0.15) is 29.3 Å². The van der Waals surface area contributed by atoms with Crippen molar-refractivity contribution in [1.29, 1.82) is 0 Å². The van der Waals surface area contributed by atoms with Crippen molar-refractivity contribution in [3.63, 3.8) is 0 Å². The minimum absolute atomic E-state index is 0.524. The number of hydrogen-bond acceptors (Lipinski definition) is 2. The number of nitrogens with zero attached hydrogens (tertiary/aromatic N) is 2. The van der Waals surface area contributed by atoms with E-state index in [1.54, 1.807) is 11.3 Å². The maximum atomic E-state index is 3.62. The van der Waals surface area contributed by atoms with Crippen molar-refractivity contribution in [3.05, 3.63) is 71.4 Å². The van der Waals surface area contributed by atoms with Gasteiger partial charge in [-0.2, -0.15) is 0 Å². The van der Waals surface area contributed by atoms with Crippen molar-refractivity contribution in [3.8, 4) is 0 Å². The molecular formula is C21H23N3. The minimum Gasteiger partial charge on any atom is -0.329 e. The van der Waals surface area contributed by atoms with Gasteiger partial charge in [-0.05, 0) is 36.6 Å². The molecule has 2 aliphatic rings. The van der Waals surface area contributed by atoms with Crippen LogP contribution in [0.15, 0.2) is 54.6 Å². The molecule has 3 heterocycles. The van der Waals surface area contributed by atoms with Gasteiger partial charge in [0.1, 0.15) is 0 Å². The highest BCUT2D eigenvalue weighted by Crippen LogP contribution is 2.39. The van der Waals surface area contributed by atoms with Gasteiger partial charge in [-0.15, -0.1) is 0 Å². The number of benzene rings is 2. The average molecular weight is 317 g/mol. The Hall–Kier alpha value is -2.10. The van der Waals surface area contributed by atoms with E-state index in [1.165, 1.54) is 22.9 Å². The van der Waals surface area contributed by atoms with Gasteiger partial charge >= 0.3 is 0 Å². The van der Waals surface area contributed by atoms with Crippen LogP contribution in [-0.2, 0) is 19.6 Å². The molecule has 0 saturated carbocycles. The summed E-state index contributed by atoms with van der Waals surface area (Å²) in [5, 5.41) is 5.08. The van der Waals surface area contributed by atoms with E-state index in [0.29, 0.717) is 6.04 Å². The van der Waals surface area contributed by atoms with Crippen molar-refractivity contribution < 1.29 is 0 Å². The molecule has 0 saturated heterocycles. The third-order valence-electron chi connectivity index (χ3n) is 5.62. The summed E-state index contributed by atoms with van der Waals surface area (Å²) >= 11 is 0. The predicted molar refractivity (Wildman–Crippen MR) is 97.9 cm³/mol. The maximum absolute atomic E-state index is 3.62. The van der Waals surface area contributed by atoms with Crippen LogP contribution in [-0.4, -0.2) is 22.6 Å². The molecule has 1 aromatic heterocycles. The molecule has 0 aliphatic carbocycles. The average Bonchev–Trinajstić information content (AvgIpc) is 2.78. The number of nitrogens with one attached hydrogen (secondary N) is 1. The van der Waals surface area contributed by atoms with E-state index < -0.39 is 0 Å². The molecule has 3 aromatic rings. The number of aromatic nitrogens is 1. The summed E-state index contributed by atoms with van der Waals surface area (Å²) in [5.41, 5.74) is 5.95. The second kappa shape index (κ2) is 5.76. The van der Waals surface area contributed by atoms with Crippen LogP contribution in [0, 0.1) is 0 Å². The first-order chi connectivity index (χ1) is 11.9.